The Kier molecular flexibility index (Phi) is 4.90. The van der Waals surface area contributed by atoms with E-state index in [1.807, 2.05) is 0 Å². The molecular formula is C13H20N2O4S2. The van der Waals surface area contributed by atoms with Gasteiger partial charge >= 0.3 is 0 Å². The van der Waals surface area contributed by atoms with Gasteiger partial charge in [-0.2, -0.15) is 0 Å². The van der Waals surface area contributed by atoms with Crippen molar-refractivity contribution in [3.8, 4) is 0 Å². The van der Waals surface area contributed by atoms with Crippen LogP contribution in [0.4, 0.5) is 10.7 Å². The highest BCUT2D eigenvalue weighted by Crippen LogP contribution is 2.40. The number of hydrogen-bond acceptors (Lipinski definition) is 7. The molecule has 0 radical (unpaired) electrons. The summed E-state index contributed by atoms with van der Waals surface area (Å²) < 4.78 is 29.9. The first-order valence-electron chi connectivity index (χ1n) is 6.88. The Morgan fingerprint density at radius 2 is 2.24 bits per heavy atom. The molecule has 1 fully saturated rings. The molecule has 118 valence electrons. The van der Waals surface area contributed by atoms with Gasteiger partial charge in [0.05, 0.1) is 22.4 Å². The maximum absolute atomic E-state index is 12.2. The molecule has 1 saturated heterocycles. The number of carbonyl (C=O) groups excluding carboxylic acids is 1. The van der Waals surface area contributed by atoms with Crippen LogP contribution in [0.1, 0.15) is 36.4 Å². The number of nitrogen functional groups attached to an aromatic ring is 1. The van der Waals surface area contributed by atoms with Gasteiger partial charge in [-0.25, -0.2) is 8.42 Å². The number of thiophene rings is 1. The molecule has 0 spiro atoms. The van der Waals surface area contributed by atoms with E-state index in [1.165, 1.54) is 6.92 Å². The van der Waals surface area contributed by atoms with Gasteiger partial charge in [0.2, 0.25) is 0 Å². The second kappa shape index (κ2) is 6.33. The van der Waals surface area contributed by atoms with Gasteiger partial charge in [0.1, 0.15) is 9.90 Å². The number of anilines is 2. The van der Waals surface area contributed by atoms with E-state index in [0.717, 1.165) is 30.8 Å². The average molecular weight is 332 g/mol. The Morgan fingerprint density at radius 1 is 1.52 bits per heavy atom. The molecule has 0 aromatic carbocycles. The van der Waals surface area contributed by atoms with Crippen LogP contribution in [-0.2, 0) is 14.6 Å². The lowest BCUT2D eigenvalue weighted by Gasteiger charge is -2.12. The molecule has 2 heterocycles. The summed E-state index contributed by atoms with van der Waals surface area (Å²) in [6, 6.07) is 0. The molecule has 1 aliphatic heterocycles. The Morgan fingerprint density at radius 3 is 2.76 bits per heavy atom. The lowest BCUT2D eigenvalue weighted by atomic mass is 10.2. The van der Waals surface area contributed by atoms with E-state index in [2.05, 4.69) is 5.32 Å². The third-order valence-corrected chi connectivity index (χ3v) is 6.62. The highest BCUT2D eigenvalue weighted by Gasteiger charge is 2.28. The van der Waals surface area contributed by atoms with Gasteiger partial charge in [0.15, 0.2) is 15.6 Å². The van der Waals surface area contributed by atoms with E-state index in [-0.39, 0.29) is 33.1 Å². The fraction of sp³-hybridized carbons (Fsp3) is 0.615. The number of ketones is 1. The maximum atomic E-state index is 12.2. The number of hydrogen-bond donors (Lipinski definition) is 2. The molecule has 2 rings (SSSR count). The Labute approximate surface area is 128 Å². The fourth-order valence-electron chi connectivity index (χ4n) is 2.27. The van der Waals surface area contributed by atoms with Gasteiger partial charge in [0.25, 0.3) is 0 Å². The molecule has 0 aliphatic carbocycles. The summed E-state index contributed by atoms with van der Waals surface area (Å²) in [6.45, 7) is 4.19. The van der Waals surface area contributed by atoms with Gasteiger partial charge in [-0.1, -0.05) is 6.92 Å². The molecule has 21 heavy (non-hydrogen) atoms. The van der Waals surface area contributed by atoms with Crippen molar-refractivity contribution in [1.29, 1.82) is 0 Å². The summed E-state index contributed by atoms with van der Waals surface area (Å²) in [5.41, 5.74) is 5.95. The standard InChI is InChI=1S/C13H20N2O4S2/c1-3-21(17,18)12-10(14)11(8(2)16)20-13(12)15-7-9-5-4-6-19-9/h9,15H,3-7,14H2,1-2H3. The minimum Gasteiger partial charge on any atom is -0.396 e. The highest BCUT2D eigenvalue weighted by atomic mass is 32.2. The number of sulfone groups is 1. The van der Waals surface area contributed by atoms with E-state index in [9.17, 15) is 13.2 Å². The lowest BCUT2D eigenvalue weighted by molar-refractivity contribution is 0.102. The minimum absolute atomic E-state index is 0.0539. The number of rotatable bonds is 6. The first kappa shape index (κ1) is 16.3. The molecule has 1 unspecified atom stereocenters. The fourth-order valence-corrected chi connectivity index (χ4v) is 4.84. The monoisotopic (exact) mass is 332 g/mol. The van der Waals surface area contributed by atoms with E-state index < -0.39 is 9.84 Å². The van der Waals surface area contributed by atoms with Crippen LogP contribution in [0.25, 0.3) is 0 Å². The Bertz CT molecular complexity index is 631. The van der Waals surface area contributed by atoms with Crippen molar-refractivity contribution in [3.63, 3.8) is 0 Å². The second-order valence-corrected chi connectivity index (χ2v) is 8.21. The predicted octanol–water partition coefficient (Wildman–Crippen LogP) is 1.92. The summed E-state index contributed by atoms with van der Waals surface area (Å²) in [5.74, 6) is -0.282. The number of ether oxygens (including phenoxy) is 1. The highest BCUT2D eigenvalue weighted by molar-refractivity contribution is 7.91. The summed E-state index contributed by atoms with van der Waals surface area (Å²) in [6.07, 6.45) is 2.03. The minimum atomic E-state index is -3.49. The molecule has 3 N–H and O–H groups in total. The smallest absolute Gasteiger partial charge is 0.183 e. The molecular weight excluding hydrogens is 312 g/mol. The van der Waals surface area contributed by atoms with Crippen LogP contribution in [0, 0.1) is 0 Å². The van der Waals surface area contributed by atoms with E-state index in [1.54, 1.807) is 6.92 Å². The molecule has 0 bridgehead atoms. The average Bonchev–Trinajstić information content (AvgIpc) is 3.03. The van der Waals surface area contributed by atoms with E-state index >= 15 is 0 Å². The van der Waals surface area contributed by atoms with Gasteiger partial charge < -0.3 is 15.8 Å². The molecule has 1 aromatic heterocycles. The van der Waals surface area contributed by atoms with Gasteiger partial charge in [0, 0.05) is 20.1 Å². The van der Waals surface area contributed by atoms with Crippen LogP contribution in [0.2, 0.25) is 0 Å². The van der Waals surface area contributed by atoms with Crippen LogP contribution in [0.3, 0.4) is 0 Å². The van der Waals surface area contributed by atoms with Crippen molar-refractivity contribution in [2.24, 2.45) is 0 Å². The molecule has 0 saturated carbocycles. The van der Waals surface area contributed by atoms with Crippen molar-refractivity contribution in [2.45, 2.75) is 37.7 Å². The van der Waals surface area contributed by atoms with Crippen LogP contribution < -0.4 is 11.1 Å². The predicted molar refractivity (Wildman–Crippen MR) is 83.9 cm³/mol. The van der Waals surface area contributed by atoms with Gasteiger partial charge in [-0.15, -0.1) is 11.3 Å². The molecule has 1 aromatic rings. The lowest BCUT2D eigenvalue weighted by Crippen LogP contribution is -2.19. The molecule has 8 heteroatoms. The van der Waals surface area contributed by atoms with Crippen molar-refractivity contribution in [2.75, 3.05) is 30.0 Å². The maximum Gasteiger partial charge on any atom is 0.183 e. The number of carbonyl (C=O) groups is 1. The third kappa shape index (κ3) is 3.38. The Hall–Kier alpha value is -1.12. The third-order valence-electron chi connectivity index (χ3n) is 3.42. The SMILES string of the molecule is CCS(=O)(=O)c1c(NCC2CCCO2)sc(C(C)=O)c1N. The van der Waals surface area contributed by atoms with Crippen molar-refractivity contribution >= 4 is 37.6 Å². The summed E-state index contributed by atoms with van der Waals surface area (Å²) >= 11 is 1.10. The van der Waals surface area contributed by atoms with E-state index in [4.69, 9.17) is 10.5 Å². The number of nitrogens with two attached hydrogens (primary N) is 1. The largest absolute Gasteiger partial charge is 0.396 e. The van der Waals surface area contributed by atoms with Gasteiger partial charge in [-0.3, -0.25) is 4.79 Å². The van der Waals surface area contributed by atoms with Crippen molar-refractivity contribution < 1.29 is 17.9 Å². The van der Waals surface area contributed by atoms with Crippen LogP contribution in [0.5, 0.6) is 0 Å². The van der Waals surface area contributed by atoms with Crippen LogP contribution in [0.15, 0.2) is 4.90 Å². The first-order chi connectivity index (χ1) is 9.86. The van der Waals surface area contributed by atoms with Crippen LogP contribution >= 0.6 is 11.3 Å². The quantitative estimate of drug-likeness (QED) is 0.772. The molecule has 1 aliphatic rings. The molecule has 1 atom stereocenters. The Balaban J connectivity index is 2.33. The second-order valence-electron chi connectivity index (χ2n) is 4.98. The molecule has 6 nitrogen and oxygen atoms in total. The molecule has 0 amide bonds. The van der Waals surface area contributed by atoms with E-state index in [0.29, 0.717) is 11.5 Å². The summed E-state index contributed by atoms with van der Waals surface area (Å²) in [4.78, 5) is 11.9. The summed E-state index contributed by atoms with van der Waals surface area (Å²) in [7, 11) is -3.49. The number of nitrogens with one attached hydrogen (secondary N) is 1. The van der Waals surface area contributed by atoms with Crippen molar-refractivity contribution in [1.82, 2.24) is 0 Å². The van der Waals surface area contributed by atoms with Crippen molar-refractivity contribution in [3.05, 3.63) is 4.88 Å². The van der Waals surface area contributed by atoms with Gasteiger partial charge in [-0.05, 0) is 12.8 Å². The zero-order chi connectivity index (χ0) is 15.6. The zero-order valence-corrected chi connectivity index (χ0v) is 13.8. The topological polar surface area (TPSA) is 98.5 Å². The summed E-state index contributed by atoms with van der Waals surface area (Å²) in [5, 5.41) is 3.53. The first-order valence-corrected chi connectivity index (χ1v) is 9.35. The number of Topliss-reactive ketones (excluding diaryl/α,β-unsaturated/α-hetero) is 1. The van der Waals surface area contributed by atoms with Crippen LogP contribution in [-0.4, -0.2) is 39.2 Å². The normalized spacial score (nSPS) is 18.9. The zero-order valence-electron chi connectivity index (χ0n) is 12.1.